The lowest BCUT2D eigenvalue weighted by Gasteiger charge is -2.01. The molecule has 1 aromatic carbocycles. The Bertz CT molecular complexity index is 735. The molecule has 2 aromatic heterocycles. The van der Waals surface area contributed by atoms with Crippen LogP contribution in [0, 0.1) is 0 Å². The summed E-state index contributed by atoms with van der Waals surface area (Å²) in [5.41, 5.74) is 4.30. The van der Waals surface area contributed by atoms with Crippen LogP contribution in [0.2, 0.25) is 0 Å². The number of aromatic nitrogens is 4. The molecule has 5 heteroatoms. The molecule has 96 valence electrons. The largest absolute Gasteiger partial charge is 0.366 e. The number of nitrogens with zero attached hydrogens (tertiary/aromatic N) is 3. The molecule has 4 rings (SSSR count). The summed E-state index contributed by atoms with van der Waals surface area (Å²) in [7, 11) is 1.98. The highest BCUT2D eigenvalue weighted by atomic mass is 15.3. The van der Waals surface area contributed by atoms with E-state index in [4.69, 9.17) is 0 Å². The second-order valence-corrected chi connectivity index (χ2v) is 5.09. The van der Waals surface area contributed by atoms with Crippen LogP contribution in [0.4, 0.5) is 5.82 Å². The van der Waals surface area contributed by atoms with Crippen LogP contribution in [-0.4, -0.2) is 25.8 Å². The van der Waals surface area contributed by atoms with E-state index < -0.39 is 0 Å². The summed E-state index contributed by atoms with van der Waals surface area (Å²) in [4.78, 5) is 7.38. The number of rotatable bonds is 3. The first-order valence-electron chi connectivity index (χ1n) is 6.54. The molecule has 1 aliphatic rings. The van der Waals surface area contributed by atoms with Gasteiger partial charge in [-0.1, -0.05) is 6.07 Å². The lowest BCUT2D eigenvalue weighted by Crippen LogP contribution is -2.01. The molecule has 1 fully saturated rings. The van der Waals surface area contributed by atoms with Crippen molar-refractivity contribution < 1.29 is 0 Å². The smallest absolute Gasteiger partial charge is 0.148 e. The predicted octanol–water partition coefficient (Wildman–Crippen LogP) is 2.54. The number of aromatic amines is 1. The Balaban J connectivity index is 1.74. The highest BCUT2D eigenvalue weighted by Crippen LogP contribution is 2.28. The van der Waals surface area contributed by atoms with Crippen LogP contribution in [0.3, 0.4) is 0 Å². The van der Waals surface area contributed by atoms with Gasteiger partial charge in [-0.05, 0) is 25.0 Å². The summed E-state index contributed by atoms with van der Waals surface area (Å²) in [6, 6.07) is 8.96. The molecule has 0 radical (unpaired) electrons. The first kappa shape index (κ1) is 10.6. The van der Waals surface area contributed by atoms with Gasteiger partial charge in [0, 0.05) is 24.7 Å². The minimum Gasteiger partial charge on any atom is -0.366 e. The Morgan fingerprint density at radius 1 is 1.32 bits per heavy atom. The van der Waals surface area contributed by atoms with E-state index in [1.165, 1.54) is 12.8 Å². The average molecular weight is 253 g/mol. The second kappa shape index (κ2) is 3.85. The zero-order chi connectivity index (χ0) is 12.8. The number of hydrogen-bond donors (Lipinski definition) is 2. The van der Waals surface area contributed by atoms with E-state index in [1.54, 1.807) is 6.33 Å². The van der Waals surface area contributed by atoms with Gasteiger partial charge in [0.25, 0.3) is 0 Å². The SMILES string of the molecule is Cn1nc(NC2CC2)cc1-c1ccc2nc[nH]c2c1. The van der Waals surface area contributed by atoms with Crippen LogP contribution in [0.5, 0.6) is 0 Å². The minimum atomic E-state index is 0.623. The van der Waals surface area contributed by atoms with Crippen molar-refractivity contribution in [2.45, 2.75) is 18.9 Å². The Hall–Kier alpha value is -2.30. The van der Waals surface area contributed by atoms with Crippen LogP contribution >= 0.6 is 0 Å². The Morgan fingerprint density at radius 3 is 3.05 bits per heavy atom. The van der Waals surface area contributed by atoms with Gasteiger partial charge >= 0.3 is 0 Å². The molecule has 1 aliphatic carbocycles. The molecule has 0 spiro atoms. The third kappa shape index (κ3) is 1.87. The lowest BCUT2D eigenvalue weighted by atomic mass is 10.1. The summed E-state index contributed by atoms with van der Waals surface area (Å²) in [5.74, 6) is 0.963. The number of aryl methyl sites for hydroxylation is 1. The maximum Gasteiger partial charge on any atom is 0.148 e. The zero-order valence-corrected chi connectivity index (χ0v) is 10.7. The van der Waals surface area contributed by atoms with Crippen LogP contribution < -0.4 is 5.32 Å². The van der Waals surface area contributed by atoms with Crippen molar-refractivity contribution in [1.82, 2.24) is 19.7 Å². The summed E-state index contributed by atoms with van der Waals surface area (Å²) in [5, 5.41) is 7.94. The number of benzene rings is 1. The zero-order valence-electron chi connectivity index (χ0n) is 10.7. The van der Waals surface area contributed by atoms with Crippen molar-refractivity contribution >= 4 is 16.9 Å². The minimum absolute atomic E-state index is 0.623. The number of imidazole rings is 1. The van der Waals surface area contributed by atoms with E-state index in [2.05, 4.69) is 38.6 Å². The van der Waals surface area contributed by atoms with Crippen LogP contribution in [-0.2, 0) is 7.05 Å². The fourth-order valence-electron chi connectivity index (χ4n) is 2.34. The van der Waals surface area contributed by atoms with E-state index in [0.717, 1.165) is 28.1 Å². The molecule has 2 N–H and O–H groups in total. The first-order chi connectivity index (χ1) is 9.29. The summed E-state index contributed by atoms with van der Waals surface area (Å²) < 4.78 is 1.92. The molecule has 5 nitrogen and oxygen atoms in total. The molecule has 3 aromatic rings. The first-order valence-corrected chi connectivity index (χ1v) is 6.54. The van der Waals surface area contributed by atoms with Crippen LogP contribution in [0.1, 0.15) is 12.8 Å². The Labute approximate surface area is 110 Å². The number of H-pyrrole nitrogens is 1. The van der Waals surface area contributed by atoms with Gasteiger partial charge in [0.1, 0.15) is 5.82 Å². The predicted molar refractivity (Wildman–Crippen MR) is 74.9 cm³/mol. The molecule has 0 saturated heterocycles. The maximum atomic E-state index is 4.51. The van der Waals surface area contributed by atoms with Crippen molar-refractivity contribution in [3.05, 3.63) is 30.6 Å². The lowest BCUT2D eigenvalue weighted by molar-refractivity contribution is 0.776. The van der Waals surface area contributed by atoms with Gasteiger partial charge in [-0.25, -0.2) is 4.98 Å². The third-order valence-corrected chi connectivity index (χ3v) is 3.53. The van der Waals surface area contributed by atoms with Crippen molar-refractivity contribution in [3.63, 3.8) is 0 Å². The van der Waals surface area contributed by atoms with Gasteiger partial charge in [-0.3, -0.25) is 4.68 Å². The fourth-order valence-corrected chi connectivity index (χ4v) is 2.34. The van der Waals surface area contributed by atoms with Crippen LogP contribution in [0.15, 0.2) is 30.6 Å². The third-order valence-electron chi connectivity index (χ3n) is 3.53. The van der Waals surface area contributed by atoms with Gasteiger partial charge in [0.15, 0.2) is 0 Å². The van der Waals surface area contributed by atoms with Crippen LogP contribution in [0.25, 0.3) is 22.3 Å². The summed E-state index contributed by atoms with van der Waals surface area (Å²) in [6.07, 6.45) is 4.23. The Kier molecular flexibility index (Phi) is 2.15. The molecule has 0 aliphatic heterocycles. The van der Waals surface area contributed by atoms with Gasteiger partial charge < -0.3 is 10.3 Å². The van der Waals surface area contributed by atoms with Crippen molar-refractivity contribution in [2.24, 2.45) is 7.05 Å². The highest BCUT2D eigenvalue weighted by molar-refractivity contribution is 5.81. The molecular weight excluding hydrogens is 238 g/mol. The fraction of sp³-hybridized carbons (Fsp3) is 0.286. The van der Waals surface area contributed by atoms with E-state index in [9.17, 15) is 0 Å². The normalized spacial score (nSPS) is 15.0. The van der Waals surface area contributed by atoms with E-state index in [0.29, 0.717) is 6.04 Å². The summed E-state index contributed by atoms with van der Waals surface area (Å²) >= 11 is 0. The van der Waals surface area contributed by atoms with Crippen molar-refractivity contribution in [2.75, 3.05) is 5.32 Å². The van der Waals surface area contributed by atoms with E-state index in [1.807, 2.05) is 17.8 Å². The quantitative estimate of drug-likeness (QED) is 0.754. The number of fused-ring (bicyclic) bond motifs is 1. The number of anilines is 1. The van der Waals surface area contributed by atoms with Gasteiger partial charge in [0.05, 0.1) is 23.1 Å². The van der Waals surface area contributed by atoms with E-state index >= 15 is 0 Å². The Morgan fingerprint density at radius 2 is 2.21 bits per heavy atom. The van der Waals surface area contributed by atoms with Gasteiger partial charge in [-0.2, -0.15) is 5.10 Å². The molecule has 0 atom stereocenters. The molecular formula is C14H15N5. The molecule has 1 saturated carbocycles. The molecule has 0 amide bonds. The molecule has 19 heavy (non-hydrogen) atoms. The molecule has 0 unspecified atom stereocenters. The monoisotopic (exact) mass is 253 g/mol. The molecule has 0 bridgehead atoms. The second-order valence-electron chi connectivity index (χ2n) is 5.09. The van der Waals surface area contributed by atoms with Gasteiger partial charge in [0.2, 0.25) is 0 Å². The molecule has 2 heterocycles. The number of hydrogen-bond acceptors (Lipinski definition) is 3. The standard InChI is InChI=1S/C14H15N5/c1-19-13(7-14(18-19)17-10-3-4-10)9-2-5-11-12(6-9)16-8-15-11/h2,5-8,10H,3-4H2,1H3,(H,15,16)(H,17,18). The summed E-state index contributed by atoms with van der Waals surface area (Å²) in [6.45, 7) is 0. The maximum absolute atomic E-state index is 4.51. The highest BCUT2D eigenvalue weighted by Gasteiger charge is 2.22. The van der Waals surface area contributed by atoms with Crippen molar-refractivity contribution in [3.8, 4) is 11.3 Å². The van der Waals surface area contributed by atoms with E-state index in [-0.39, 0.29) is 0 Å². The average Bonchev–Trinajstić information content (AvgIpc) is 2.96. The van der Waals surface area contributed by atoms with Crippen molar-refractivity contribution in [1.29, 1.82) is 0 Å². The topological polar surface area (TPSA) is 58.5 Å². The number of nitrogens with one attached hydrogen (secondary N) is 2. The van der Waals surface area contributed by atoms with Gasteiger partial charge in [-0.15, -0.1) is 0 Å².